The van der Waals surface area contributed by atoms with Gasteiger partial charge in [0.2, 0.25) is 0 Å². The minimum Gasteiger partial charge on any atom is -0.353 e. The first-order valence-corrected chi connectivity index (χ1v) is 6.58. The highest BCUT2D eigenvalue weighted by atomic mass is 15.2. The van der Waals surface area contributed by atoms with Gasteiger partial charge in [-0.05, 0) is 46.5 Å². The molecule has 2 N–H and O–H groups in total. The predicted octanol–water partition coefficient (Wildman–Crippen LogP) is 1.88. The van der Waals surface area contributed by atoms with Crippen LogP contribution in [0.15, 0.2) is 18.3 Å². The van der Waals surface area contributed by atoms with Crippen LogP contribution in [0.3, 0.4) is 0 Å². The second-order valence-corrected chi connectivity index (χ2v) is 5.14. The average molecular weight is 250 g/mol. The van der Waals surface area contributed by atoms with Gasteiger partial charge in [0, 0.05) is 31.4 Å². The number of nitrogens with two attached hydrogens (primary N) is 1. The van der Waals surface area contributed by atoms with Crippen LogP contribution in [0.2, 0.25) is 0 Å². The molecule has 0 bridgehead atoms. The van der Waals surface area contributed by atoms with E-state index in [1.165, 1.54) is 0 Å². The number of anilines is 1. The molecule has 0 saturated carbocycles. The Morgan fingerprint density at radius 3 is 2.33 bits per heavy atom. The summed E-state index contributed by atoms with van der Waals surface area (Å²) in [6.07, 6.45) is 1.88. The molecule has 1 unspecified atom stereocenters. The van der Waals surface area contributed by atoms with E-state index in [1.54, 1.807) is 0 Å². The number of pyridine rings is 1. The predicted molar refractivity (Wildman–Crippen MR) is 77.9 cm³/mol. The summed E-state index contributed by atoms with van der Waals surface area (Å²) in [7, 11) is 4.19. The lowest BCUT2D eigenvalue weighted by atomic mass is 10.1. The molecule has 18 heavy (non-hydrogen) atoms. The first-order valence-electron chi connectivity index (χ1n) is 6.58. The maximum atomic E-state index is 5.84. The van der Waals surface area contributed by atoms with Crippen molar-refractivity contribution in [1.29, 1.82) is 0 Å². The number of rotatable bonds is 6. The van der Waals surface area contributed by atoms with Crippen LogP contribution in [-0.2, 0) is 0 Å². The summed E-state index contributed by atoms with van der Waals surface area (Å²) in [5.41, 5.74) is 6.92. The molecule has 1 aromatic rings. The van der Waals surface area contributed by atoms with Gasteiger partial charge in [0.05, 0.1) is 0 Å². The SMILES string of the molecule is CCN(c1ccc([C@H](C)N)cn1)C(C)CN(C)C. The quantitative estimate of drug-likeness (QED) is 0.837. The molecular formula is C14H26N4. The second kappa shape index (κ2) is 6.71. The molecule has 0 spiro atoms. The Morgan fingerprint density at radius 1 is 1.28 bits per heavy atom. The maximum absolute atomic E-state index is 5.84. The smallest absolute Gasteiger partial charge is 0.128 e. The van der Waals surface area contributed by atoms with E-state index < -0.39 is 0 Å². The van der Waals surface area contributed by atoms with Crippen molar-refractivity contribution in [3.05, 3.63) is 23.9 Å². The molecular weight excluding hydrogens is 224 g/mol. The third kappa shape index (κ3) is 3.96. The first-order chi connectivity index (χ1) is 8.45. The van der Waals surface area contributed by atoms with Gasteiger partial charge in [0.15, 0.2) is 0 Å². The van der Waals surface area contributed by atoms with Crippen LogP contribution >= 0.6 is 0 Å². The molecule has 0 radical (unpaired) electrons. The molecule has 4 heteroatoms. The lowest BCUT2D eigenvalue weighted by Crippen LogP contribution is -2.40. The fraction of sp³-hybridized carbons (Fsp3) is 0.643. The molecule has 4 nitrogen and oxygen atoms in total. The van der Waals surface area contributed by atoms with Gasteiger partial charge in [0.25, 0.3) is 0 Å². The number of likely N-dealkylation sites (N-methyl/N-ethyl adjacent to an activating group) is 2. The Labute approximate surface area is 111 Å². The zero-order valence-corrected chi connectivity index (χ0v) is 12.2. The molecule has 0 saturated heterocycles. The molecule has 1 aromatic heterocycles. The van der Waals surface area contributed by atoms with Crippen LogP contribution in [0.1, 0.15) is 32.4 Å². The minimum absolute atomic E-state index is 0.0424. The Morgan fingerprint density at radius 2 is 1.94 bits per heavy atom. The second-order valence-electron chi connectivity index (χ2n) is 5.14. The molecule has 0 aliphatic rings. The molecule has 1 rings (SSSR count). The summed E-state index contributed by atoms with van der Waals surface area (Å²) in [5.74, 6) is 1.02. The molecule has 0 amide bonds. The average Bonchev–Trinajstić information content (AvgIpc) is 2.29. The summed E-state index contributed by atoms with van der Waals surface area (Å²) in [6, 6.07) is 4.62. The zero-order valence-electron chi connectivity index (χ0n) is 12.2. The fourth-order valence-electron chi connectivity index (χ4n) is 2.16. The van der Waals surface area contributed by atoms with E-state index in [2.05, 4.69) is 54.9 Å². The van der Waals surface area contributed by atoms with Gasteiger partial charge in [-0.3, -0.25) is 0 Å². The molecule has 2 atom stereocenters. The van der Waals surface area contributed by atoms with E-state index in [9.17, 15) is 0 Å². The summed E-state index contributed by atoms with van der Waals surface area (Å²) >= 11 is 0. The standard InChI is InChI=1S/C14H26N4/c1-6-18(11(2)10-17(4)5)14-8-7-13(9-16-14)12(3)15/h7-9,11-12H,6,10,15H2,1-5H3/t11?,12-/m0/s1. The van der Waals surface area contributed by atoms with Crippen molar-refractivity contribution < 1.29 is 0 Å². The van der Waals surface area contributed by atoms with Crippen molar-refractivity contribution in [2.45, 2.75) is 32.9 Å². The number of hydrogen-bond donors (Lipinski definition) is 1. The highest BCUT2D eigenvalue weighted by molar-refractivity contribution is 5.40. The van der Waals surface area contributed by atoms with Crippen LogP contribution in [0.5, 0.6) is 0 Å². The Kier molecular flexibility index (Phi) is 5.56. The van der Waals surface area contributed by atoms with E-state index in [0.717, 1.165) is 24.5 Å². The number of aromatic nitrogens is 1. The van der Waals surface area contributed by atoms with Gasteiger partial charge in [-0.2, -0.15) is 0 Å². The third-order valence-corrected chi connectivity index (χ3v) is 3.09. The number of nitrogens with zero attached hydrogens (tertiary/aromatic N) is 3. The zero-order chi connectivity index (χ0) is 13.7. The van der Waals surface area contributed by atoms with Crippen molar-refractivity contribution in [2.24, 2.45) is 5.73 Å². The highest BCUT2D eigenvalue weighted by Crippen LogP contribution is 2.17. The summed E-state index contributed by atoms with van der Waals surface area (Å²) in [5, 5.41) is 0. The van der Waals surface area contributed by atoms with E-state index in [1.807, 2.05) is 13.1 Å². The maximum Gasteiger partial charge on any atom is 0.128 e. The third-order valence-electron chi connectivity index (χ3n) is 3.09. The van der Waals surface area contributed by atoms with Crippen LogP contribution in [0, 0.1) is 0 Å². The van der Waals surface area contributed by atoms with Crippen molar-refractivity contribution in [3.63, 3.8) is 0 Å². The monoisotopic (exact) mass is 250 g/mol. The fourth-order valence-corrected chi connectivity index (χ4v) is 2.16. The van der Waals surface area contributed by atoms with Crippen LogP contribution in [0.25, 0.3) is 0 Å². The molecule has 1 heterocycles. The highest BCUT2D eigenvalue weighted by Gasteiger charge is 2.14. The van der Waals surface area contributed by atoms with E-state index in [4.69, 9.17) is 5.73 Å². The Bertz CT molecular complexity index is 345. The van der Waals surface area contributed by atoms with Crippen molar-refractivity contribution in [3.8, 4) is 0 Å². The van der Waals surface area contributed by atoms with Gasteiger partial charge >= 0.3 is 0 Å². The largest absolute Gasteiger partial charge is 0.353 e. The van der Waals surface area contributed by atoms with Crippen LogP contribution < -0.4 is 10.6 Å². The summed E-state index contributed by atoms with van der Waals surface area (Å²) in [4.78, 5) is 9.04. The normalized spacial score (nSPS) is 14.6. The molecule has 0 aliphatic carbocycles. The molecule has 0 aliphatic heterocycles. The van der Waals surface area contributed by atoms with Crippen molar-refractivity contribution in [1.82, 2.24) is 9.88 Å². The van der Waals surface area contributed by atoms with Gasteiger partial charge in [0.1, 0.15) is 5.82 Å². The molecule has 102 valence electrons. The van der Waals surface area contributed by atoms with Gasteiger partial charge < -0.3 is 15.5 Å². The summed E-state index contributed by atoms with van der Waals surface area (Å²) in [6.45, 7) is 8.34. The minimum atomic E-state index is 0.0424. The van der Waals surface area contributed by atoms with E-state index in [0.29, 0.717) is 6.04 Å². The van der Waals surface area contributed by atoms with Gasteiger partial charge in [-0.15, -0.1) is 0 Å². The molecule has 0 fully saturated rings. The summed E-state index contributed by atoms with van der Waals surface area (Å²) < 4.78 is 0. The van der Waals surface area contributed by atoms with E-state index in [-0.39, 0.29) is 6.04 Å². The van der Waals surface area contributed by atoms with Crippen molar-refractivity contribution >= 4 is 5.82 Å². The van der Waals surface area contributed by atoms with Gasteiger partial charge in [-0.25, -0.2) is 4.98 Å². The topological polar surface area (TPSA) is 45.4 Å². The lowest BCUT2D eigenvalue weighted by molar-refractivity contribution is 0.372. The van der Waals surface area contributed by atoms with Gasteiger partial charge in [-0.1, -0.05) is 6.07 Å². The Hall–Kier alpha value is -1.13. The Balaban J connectivity index is 2.81. The molecule has 0 aromatic carbocycles. The van der Waals surface area contributed by atoms with Crippen LogP contribution in [0.4, 0.5) is 5.82 Å². The van der Waals surface area contributed by atoms with E-state index >= 15 is 0 Å². The lowest BCUT2D eigenvalue weighted by Gasteiger charge is -2.31. The number of hydrogen-bond acceptors (Lipinski definition) is 4. The first kappa shape index (κ1) is 14.9. The van der Waals surface area contributed by atoms with Crippen LogP contribution in [-0.4, -0.2) is 43.1 Å². The van der Waals surface area contributed by atoms with Crippen molar-refractivity contribution in [2.75, 3.05) is 32.1 Å².